The van der Waals surface area contributed by atoms with Crippen LogP contribution in [0.15, 0.2) is 66.9 Å². The Bertz CT molecular complexity index is 1050. The van der Waals surface area contributed by atoms with E-state index in [0.29, 0.717) is 11.3 Å². The number of pyridine rings is 1. The van der Waals surface area contributed by atoms with Crippen molar-refractivity contribution in [2.75, 3.05) is 5.32 Å². The van der Waals surface area contributed by atoms with Crippen LogP contribution in [0.5, 0.6) is 0 Å². The molecule has 7 nitrogen and oxygen atoms in total. The summed E-state index contributed by atoms with van der Waals surface area (Å²) in [5.41, 5.74) is 1.86. The molecule has 3 rings (SSSR count). The lowest BCUT2D eigenvalue weighted by atomic mass is 10.1. The van der Waals surface area contributed by atoms with Gasteiger partial charge in [-0.05, 0) is 50.2 Å². The number of aromatic nitrogens is 1. The molecule has 1 heterocycles. The first kappa shape index (κ1) is 21.0. The number of esters is 1. The molecule has 7 heteroatoms. The number of rotatable bonds is 7. The van der Waals surface area contributed by atoms with Gasteiger partial charge in [0.2, 0.25) is 0 Å². The molecule has 0 saturated carbocycles. The fourth-order valence-corrected chi connectivity index (χ4v) is 2.94. The lowest BCUT2D eigenvalue weighted by Gasteiger charge is -2.17. The van der Waals surface area contributed by atoms with Crippen LogP contribution >= 0.6 is 0 Å². The number of nitrogens with one attached hydrogen (secondary N) is 2. The Morgan fingerprint density at radius 3 is 2.50 bits per heavy atom. The molecule has 2 unspecified atom stereocenters. The van der Waals surface area contributed by atoms with E-state index >= 15 is 0 Å². The second-order valence-corrected chi connectivity index (χ2v) is 6.94. The van der Waals surface area contributed by atoms with Gasteiger partial charge in [0.25, 0.3) is 11.8 Å². The monoisotopic (exact) mass is 405 g/mol. The first-order chi connectivity index (χ1) is 14.4. The Balaban J connectivity index is 1.52. The van der Waals surface area contributed by atoms with Gasteiger partial charge in [0.1, 0.15) is 0 Å². The van der Waals surface area contributed by atoms with Crippen LogP contribution in [-0.4, -0.2) is 34.9 Å². The lowest BCUT2D eigenvalue weighted by molar-refractivity contribution is -0.153. The van der Waals surface area contributed by atoms with Crippen molar-refractivity contribution < 1.29 is 19.1 Å². The fourth-order valence-electron chi connectivity index (χ4n) is 2.94. The average molecular weight is 405 g/mol. The molecule has 2 atom stereocenters. The molecule has 0 saturated heterocycles. The van der Waals surface area contributed by atoms with E-state index < -0.39 is 24.0 Å². The maximum absolute atomic E-state index is 12.5. The molecule has 0 aliphatic rings. The second kappa shape index (κ2) is 9.65. The predicted octanol–water partition coefficient (Wildman–Crippen LogP) is 3.31. The standard InChI is InChI=1S/C23H23N3O4/c1-15(25-23(29)17-8-4-3-5-9-17)14-21(27)30-16(2)22(28)26-20-12-6-11-19-18(20)10-7-13-24-19/h3-13,15-16H,14H2,1-2H3,(H,25,29)(H,26,28). The highest BCUT2D eigenvalue weighted by Gasteiger charge is 2.21. The normalized spacial score (nSPS) is 12.6. The quantitative estimate of drug-likeness (QED) is 0.588. The Morgan fingerprint density at radius 2 is 1.73 bits per heavy atom. The molecule has 0 fully saturated rings. The number of hydrogen-bond donors (Lipinski definition) is 2. The minimum atomic E-state index is -0.985. The van der Waals surface area contributed by atoms with Crippen LogP contribution in [0.3, 0.4) is 0 Å². The zero-order valence-electron chi connectivity index (χ0n) is 16.8. The molecule has 30 heavy (non-hydrogen) atoms. The van der Waals surface area contributed by atoms with Crippen molar-refractivity contribution >= 4 is 34.4 Å². The third-order valence-electron chi connectivity index (χ3n) is 4.47. The Morgan fingerprint density at radius 1 is 0.967 bits per heavy atom. The molecule has 3 aromatic rings. The number of benzene rings is 2. The highest BCUT2D eigenvalue weighted by molar-refractivity contribution is 6.02. The smallest absolute Gasteiger partial charge is 0.308 e. The van der Waals surface area contributed by atoms with E-state index in [-0.39, 0.29) is 12.3 Å². The molecule has 2 N–H and O–H groups in total. The summed E-state index contributed by atoms with van der Waals surface area (Å²) in [7, 11) is 0. The number of anilines is 1. The second-order valence-electron chi connectivity index (χ2n) is 6.94. The minimum absolute atomic E-state index is 0.0472. The van der Waals surface area contributed by atoms with Crippen LogP contribution in [0.2, 0.25) is 0 Å². The molecule has 0 radical (unpaired) electrons. The molecular weight excluding hydrogens is 382 g/mol. The molecule has 2 aromatic carbocycles. The predicted molar refractivity (Wildman–Crippen MR) is 114 cm³/mol. The highest BCUT2D eigenvalue weighted by Crippen LogP contribution is 2.21. The first-order valence-corrected chi connectivity index (χ1v) is 9.64. The minimum Gasteiger partial charge on any atom is -0.452 e. The van der Waals surface area contributed by atoms with Crippen LogP contribution in [0.25, 0.3) is 10.9 Å². The van der Waals surface area contributed by atoms with Crippen molar-refractivity contribution in [3.8, 4) is 0 Å². The summed E-state index contributed by atoms with van der Waals surface area (Å²) in [5.74, 6) is -1.29. The number of amides is 2. The zero-order valence-corrected chi connectivity index (χ0v) is 16.8. The largest absolute Gasteiger partial charge is 0.452 e. The number of hydrogen-bond acceptors (Lipinski definition) is 5. The molecule has 0 spiro atoms. The van der Waals surface area contributed by atoms with E-state index in [1.165, 1.54) is 6.92 Å². The number of ether oxygens (including phenoxy) is 1. The third-order valence-corrected chi connectivity index (χ3v) is 4.47. The van der Waals surface area contributed by atoms with Gasteiger partial charge >= 0.3 is 5.97 Å². The molecular formula is C23H23N3O4. The molecule has 0 bridgehead atoms. The van der Waals surface area contributed by atoms with E-state index in [0.717, 1.165) is 10.9 Å². The van der Waals surface area contributed by atoms with E-state index in [2.05, 4.69) is 15.6 Å². The van der Waals surface area contributed by atoms with E-state index in [9.17, 15) is 14.4 Å². The summed E-state index contributed by atoms with van der Waals surface area (Å²) in [6.45, 7) is 3.21. The van der Waals surface area contributed by atoms with Gasteiger partial charge in [0.05, 0.1) is 17.6 Å². The maximum Gasteiger partial charge on any atom is 0.308 e. The summed E-state index contributed by atoms with van der Waals surface area (Å²) in [5, 5.41) is 6.31. The van der Waals surface area contributed by atoms with Gasteiger partial charge in [-0.1, -0.05) is 24.3 Å². The van der Waals surface area contributed by atoms with Crippen LogP contribution < -0.4 is 10.6 Å². The van der Waals surface area contributed by atoms with Crippen molar-refractivity contribution in [3.05, 3.63) is 72.4 Å². The summed E-state index contributed by atoms with van der Waals surface area (Å²) in [6, 6.07) is 17.3. The number of nitrogens with zero attached hydrogens (tertiary/aromatic N) is 1. The number of carbonyl (C=O) groups excluding carboxylic acids is 3. The molecule has 1 aromatic heterocycles. The molecule has 154 valence electrons. The van der Waals surface area contributed by atoms with E-state index in [1.54, 1.807) is 55.6 Å². The van der Waals surface area contributed by atoms with Gasteiger partial charge in [0, 0.05) is 23.2 Å². The van der Waals surface area contributed by atoms with Crippen molar-refractivity contribution in [2.24, 2.45) is 0 Å². The summed E-state index contributed by atoms with van der Waals surface area (Å²) < 4.78 is 5.24. The van der Waals surface area contributed by atoms with Crippen molar-refractivity contribution in [1.82, 2.24) is 10.3 Å². The van der Waals surface area contributed by atoms with E-state index in [1.807, 2.05) is 18.2 Å². The van der Waals surface area contributed by atoms with Gasteiger partial charge in [-0.25, -0.2) is 0 Å². The summed E-state index contributed by atoms with van der Waals surface area (Å²) in [6.07, 6.45) is 0.645. The van der Waals surface area contributed by atoms with Gasteiger partial charge in [-0.3, -0.25) is 19.4 Å². The number of carbonyl (C=O) groups is 3. The topological polar surface area (TPSA) is 97.4 Å². The third kappa shape index (κ3) is 5.41. The van der Waals surface area contributed by atoms with Crippen LogP contribution in [0.4, 0.5) is 5.69 Å². The van der Waals surface area contributed by atoms with Crippen LogP contribution in [-0.2, 0) is 14.3 Å². The van der Waals surface area contributed by atoms with Crippen LogP contribution in [0.1, 0.15) is 30.6 Å². The summed E-state index contributed by atoms with van der Waals surface area (Å²) in [4.78, 5) is 41.0. The maximum atomic E-state index is 12.5. The SMILES string of the molecule is CC(CC(=O)OC(C)C(=O)Nc1cccc2ncccc12)NC(=O)c1ccccc1. The van der Waals surface area contributed by atoms with Crippen molar-refractivity contribution in [3.63, 3.8) is 0 Å². The molecule has 0 aliphatic carbocycles. The van der Waals surface area contributed by atoms with Crippen molar-refractivity contribution in [2.45, 2.75) is 32.4 Å². The molecule has 0 aliphatic heterocycles. The Hall–Kier alpha value is -3.74. The first-order valence-electron chi connectivity index (χ1n) is 9.64. The highest BCUT2D eigenvalue weighted by atomic mass is 16.5. The van der Waals surface area contributed by atoms with Gasteiger partial charge in [-0.2, -0.15) is 0 Å². The Labute approximate surface area is 174 Å². The fraction of sp³-hybridized carbons (Fsp3) is 0.217. The zero-order chi connectivity index (χ0) is 21.5. The van der Waals surface area contributed by atoms with Crippen LogP contribution in [0, 0.1) is 0 Å². The number of fused-ring (bicyclic) bond motifs is 1. The Kier molecular flexibility index (Phi) is 6.75. The van der Waals surface area contributed by atoms with Crippen molar-refractivity contribution in [1.29, 1.82) is 0 Å². The molecule has 2 amide bonds. The van der Waals surface area contributed by atoms with E-state index in [4.69, 9.17) is 4.74 Å². The van der Waals surface area contributed by atoms with Gasteiger partial charge < -0.3 is 15.4 Å². The van der Waals surface area contributed by atoms with Gasteiger partial charge in [-0.15, -0.1) is 0 Å². The van der Waals surface area contributed by atoms with Gasteiger partial charge in [0.15, 0.2) is 6.10 Å². The lowest BCUT2D eigenvalue weighted by Crippen LogP contribution is -2.36. The average Bonchev–Trinajstić information content (AvgIpc) is 2.74. The summed E-state index contributed by atoms with van der Waals surface area (Å²) >= 11 is 0.